The molecule has 0 unspecified atom stereocenters. The summed E-state index contributed by atoms with van der Waals surface area (Å²) in [5, 5.41) is 4.33. The molecule has 0 bridgehead atoms. The first-order valence-electron chi connectivity index (χ1n) is 8.13. The smallest absolute Gasteiger partial charge is 0.233 e. The van der Waals surface area contributed by atoms with E-state index in [1.54, 1.807) is 4.90 Å². The third-order valence-electron chi connectivity index (χ3n) is 4.71. The van der Waals surface area contributed by atoms with Crippen molar-refractivity contribution in [2.24, 2.45) is 4.99 Å². The van der Waals surface area contributed by atoms with Gasteiger partial charge in [-0.1, -0.05) is 24.6 Å². The lowest BCUT2D eigenvalue weighted by molar-refractivity contribution is -0.129. The molecular formula is C14H25ClN4O3S2. The number of thioether (sulfide) groups is 1. The van der Waals surface area contributed by atoms with Crippen LogP contribution < -0.4 is 5.32 Å². The van der Waals surface area contributed by atoms with Crippen LogP contribution in [-0.2, 0) is 14.8 Å². The van der Waals surface area contributed by atoms with Gasteiger partial charge in [-0.25, -0.2) is 8.42 Å². The second kappa shape index (κ2) is 8.25. The molecule has 0 spiro atoms. The maximum atomic E-state index is 12.3. The van der Waals surface area contributed by atoms with Gasteiger partial charge in [0.2, 0.25) is 15.9 Å². The Balaban J connectivity index is 0.00000208. The average Bonchev–Trinajstić information content (AvgIpc) is 2.95. The summed E-state index contributed by atoms with van der Waals surface area (Å²) in [6.07, 6.45) is 6.02. The Morgan fingerprint density at radius 1 is 1.25 bits per heavy atom. The second-order valence-electron chi connectivity index (χ2n) is 6.37. The van der Waals surface area contributed by atoms with Crippen LogP contribution in [0.5, 0.6) is 0 Å². The van der Waals surface area contributed by atoms with E-state index in [0.717, 1.165) is 11.6 Å². The van der Waals surface area contributed by atoms with Gasteiger partial charge < -0.3 is 10.2 Å². The molecule has 1 amide bonds. The largest absolute Gasteiger partial charge is 0.360 e. The molecule has 138 valence electrons. The van der Waals surface area contributed by atoms with Gasteiger partial charge in [0.25, 0.3) is 0 Å². The molecule has 2 fully saturated rings. The van der Waals surface area contributed by atoms with Crippen molar-refractivity contribution in [2.75, 3.05) is 38.2 Å². The summed E-state index contributed by atoms with van der Waals surface area (Å²) in [4.78, 5) is 18.7. The first-order chi connectivity index (χ1) is 10.9. The Labute approximate surface area is 154 Å². The molecule has 1 N–H and O–H groups in total. The molecule has 2 atom stereocenters. The fraction of sp³-hybridized carbons (Fsp3) is 0.857. The van der Waals surface area contributed by atoms with Gasteiger partial charge in [0.05, 0.1) is 24.1 Å². The van der Waals surface area contributed by atoms with Gasteiger partial charge in [-0.2, -0.15) is 4.31 Å². The summed E-state index contributed by atoms with van der Waals surface area (Å²) in [6, 6.07) is 0.847. The molecule has 2 aliphatic heterocycles. The van der Waals surface area contributed by atoms with Crippen molar-refractivity contribution in [3.8, 4) is 0 Å². The van der Waals surface area contributed by atoms with Crippen molar-refractivity contribution in [3.05, 3.63) is 0 Å². The highest BCUT2D eigenvalue weighted by atomic mass is 35.5. The SMILES string of the molecule is CS(=O)(=O)N1CCN(C(=O)CSC2=N[C@@H]3CCCC[C@@H]3N2)CC1.Cl. The van der Waals surface area contributed by atoms with Crippen molar-refractivity contribution >= 4 is 45.3 Å². The van der Waals surface area contributed by atoms with E-state index in [0.29, 0.717) is 44.0 Å². The molecule has 0 aromatic rings. The predicted octanol–water partition coefficient (Wildman–Crippen LogP) is 0.516. The highest BCUT2D eigenvalue weighted by Crippen LogP contribution is 2.27. The summed E-state index contributed by atoms with van der Waals surface area (Å²) in [5.41, 5.74) is 0. The van der Waals surface area contributed by atoms with Gasteiger partial charge in [-0.15, -0.1) is 12.4 Å². The van der Waals surface area contributed by atoms with E-state index in [9.17, 15) is 13.2 Å². The Hall–Kier alpha value is -0.510. The minimum Gasteiger partial charge on any atom is -0.360 e. The van der Waals surface area contributed by atoms with Crippen molar-refractivity contribution in [3.63, 3.8) is 0 Å². The standard InChI is InChI=1S/C14H24N4O3S2.ClH/c1-23(20,21)18-8-6-17(7-9-18)13(19)10-22-14-15-11-4-2-3-5-12(11)16-14;/h11-12H,2-10H2,1H3,(H,15,16);1H/t11-,12+;. The van der Waals surface area contributed by atoms with E-state index in [-0.39, 0.29) is 18.3 Å². The predicted molar refractivity (Wildman–Crippen MR) is 99.3 cm³/mol. The molecule has 2 heterocycles. The lowest BCUT2D eigenvalue weighted by Gasteiger charge is -2.33. The van der Waals surface area contributed by atoms with E-state index in [1.165, 1.54) is 41.6 Å². The Morgan fingerprint density at radius 2 is 1.92 bits per heavy atom. The molecule has 1 aliphatic carbocycles. The number of carbonyl (C=O) groups excluding carboxylic acids is 1. The number of nitrogens with zero attached hydrogens (tertiary/aromatic N) is 3. The van der Waals surface area contributed by atoms with E-state index in [1.807, 2.05) is 0 Å². The topological polar surface area (TPSA) is 82.1 Å². The van der Waals surface area contributed by atoms with Gasteiger partial charge in [-0.3, -0.25) is 9.79 Å². The normalized spacial score (nSPS) is 27.7. The van der Waals surface area contributed by atoms with Crippen LogP contribution in [0.3, 0.4) is 0 Å². The maximum Gasteiger partial charge on any atom is 0.233 e. The first kappa shape index (κ1) is 19.8. The van der Waals surface area contributed by atoms with Gasteiger partial charge in [-0.05, 0) is 12.8 Å². The summed E-state index contributed by atoms with van der Waals surface area (Å²) >= 11 is 1.47. The number of hydrogen-bond donors (Lipinski definition) is 1. The zero-order valence-electron chi connectivity index (χ0n) is 13.8. The van der Waals surface area contributed by atoms with Gasteiger partial charge in [0.1, 0.15) is 0 Å². The molecule has 7 nitrogen and oxygen atoms in total. The van der Waals surface area contributed by atoms with E-state index in [2.05, 4.69) is 10.3 Å². The quantitative estimate of drug-likeness (QED) is 0.751. The van der Waals surface area contributed by atoms with Gasteiger partial charge in [0, 0.05) is 26.2 Å². The molecule has 1 saturated carbocycles. The number of fused-ring (bicyclic) bond motifs is 1. The Kier molecular flexibility index (Phi) is 6.81. The minimum atomic E-state index is -3.15. The zero-order valence-corrected chi connectivity index (χ0v) is 16.3. The second-order valence-corrected chi connectivity index (χ2v) is 9.31. The summed E-state index contributed by atoms with van der Waals surface area (Å²) in [5.74, 6) is 0.423. The van der Waals surface area contributed by atoms with Crippen LogP contribution in [0.2, 0.25) is 0 Å². The number of hydrogen-bond acceptors (Lipinski definition) is 6. The molecule has 0 aromatic heterocycles. The highest BCUT2D eigenvalue weighted by molar-refractivity contribution is 8.14. The third-order valence-corrected chi connectivity index (χ3v) is 6.91. The van der Waals surface area contributed by atoms with Crippen LogP contribution in [0.4, 0.5) is 0 Å². The fourth-order valence-corrected chi connectivity index (χ4v) is 5.06. The molecular weight excluding hydrogens is 372 g/mol. The monoisotopic (exact) mass is 396 g/mol. The molecule has 1 saturated heterocycles. The van der Waals surface area contributed by atoms with Crippen molar-refractivity contribution in [1.29, 1.82) is 0 Å². The van der Waals surface area contributed by atoms with Gasteiger partial charge in [0.15, 0.2) is 5.17 Å². The number of sulfonamides is 1. The molecule has 0 aromatic carbocycles. The minimum absolute atomic E-state index is 0. The Morgan fingerprint density at radius 3 is 2.54 bits per heavy atom. The van der Waals surface area contributed by atoms with Crippen molar-refractivity contribution < 1.29 is 13.2 Å². The lowest BCUT2D eigenvalue weighted by atomic mass is 9.92. The van der Waals surface area contributed by atoms with Crippen LogP contribution in [-0.4, -0.2) is 79.0 Å². The first-order valence-corrected chi connectivity index (χ1v) is 11.0. The number of rotatable bonds is 3. The molecule has 3 rings (SSSR count). The van der Waals surface area contributed by atoms with Crippen LogP contribution in [0.1, 0.15) is 25.7 Å². The van der Waals surface area contributed by atoms with E-state index in [4.69, 9.17) is 0 Å². The molecule has 0 radical (unpaired) electrons. The van der Waals surface area contributed by atoms with Crippen LogP contribution in [0, 0.1) is 0 Å². The van der Waals surface area contributed by atoms with Gasteiger partial charge >= 0.3 is 0 Å². The van der Waals surface area contributed by atoms with Crippen LogP contribution >= 0.6 is 24.2 Å². The molecule has 3 aliphatic rings. The number of aliphatic imine (C=N–C) groups is 1. The van der Waals surface area contributed by atoms with Crippen LogP contribution in [0.15, 0.2) is 4.99 Å². The average molecular weight is 397 g/mol. The van der Waals surface area contributed by atoms with Crippen molar-refractivity contribution in [2.45, 2.75) is 37.8 Å². The number of halogens is 1. The summed E-state index contributed by atoms with van der Waals surface area (Å²) in [6.45, 7) is 1.71. The summed E-state index contributed by atoms with van der Waals surface area (Å²) in [7, 11) is -3.15. The Bertz CT molecular complexity index is 591. The lowest BCUT2D eigenvalue weighted by Crippen LogP contribution is -2.50. The van der Waals surface area contributed by atoms with E-state index < -0.39 is 10.0 Å². The number of nitrogens with one attached hydrogen (secondary N) is 1. The fourth-order valence-electron chi connectivity index (χ4n) is 3.35. The van der Waals surface area contributed by atoms with Crippen molar-refractivity contribution in [1.82, 2.24) is 14.5 Å². The summed E-state index contributed by atoms with van der Waals surface area (Å²) < 4.78 is 24.4. The highest BCUT2D eigenvalue weighted by Gasteiger charge is 2.31. The van der Waals surface area contributed by atoms with Crippen LogP contribution in [0.25, 0.3) is 0 Å². The number of amidine groups is 1. The zero-order chi connectivity index (χ0) is 16.4. The maximum absolute atomic E-state index is 12.3. The molecule has 10 heteroatoms. The van der Waals surface area contributed by atoms with E-state index >= 15 is 0 Å². The third kappa shape index (κ3) is 4.77. The number of piperazine rings is 1. The number of amides is 1. The number of carbonyl (C=O) groups is 1. The molecule has 24 heavy (non-hydrogen) atoms.